The Labute approximate surface area is 159 Å². The Hall–Kier alpha value is -4.00. The summed E-state index contributed by atoms with van der Waals surface area (Å²) in [6.07, 6.45) is 0. The van der Waals surface area contributed by atoms with E-state index in [1.165, 1.54) is 25.1 Å². The lowest BCUT2D eigenvalue weighted by atomic mass is 10.1. The van der Waals surface area contributed by atoms with Gasteiger partial charge in [-0.05, 0) is 37.3 Å². The normalized spacial score (nSPS) is 10.8. The molecule has 1 aromatic heterocycles. The van der Waals surface area contributed by atoms with Crippen LogP contribution in [0.2, 0.25) is 0 Å². The highest BCUT2D eigenvalue weighted by molar-refractivity contribution is 5.94. The standard InChI is InChI=1S/C21H14N2O5/c1-13-16(8-5-9-18(13)23(25)26)21(24)27-15-10-11-17-19(12-15)28-20(22-17)14-6-3-2-4-7-14/h2-12H,1H3. The molecule has 3 aromatic carbocycles. The topological polar surface area (TPSA) is 95.5 Å². The van der Waals surface area contributed by atoms with Crippen molar-refractivity contribution in [1.29, 1.82) is 0 Å². The van der Waals surface area contributed by atoms with E-state index in [1.807, 2.05) is 30.3 Å². The first kappa shape index (κ1) is 17.4. The third kappa shape index (κ3) is 3.21. The number of nitro groups is 1. The Morgan fingerprint density at radius 3 is 2.61 bits per heavy atom. The van der Waals surface area contributed by atoms with Gasteiger partial charge in [0.2, 0.25) is 5.89 Å². The average Bonchev–Trinajstić information content (AvgIpc) is 3.12. The summed E-state index contributed by atoms with van der Waals surface area (Å²) in [5.74, 6) is 0.0520. The van der Waals surface area contributed by atoms with Gasteiger partial charge < -0.3 is 9.15 Å². The third-order valence-corrected chi connectivity index (χ3v) is 4.31. The number of hydrogen-bond acceptors (Lipinski definition) is 6. The lowest BCUT2D eigenvalue weighted by Gasteiger charge is -2.06. The van der Waals surface area contributed by atoms with Crippen LogP contribution in [0.5, 0.6) is 5.75 Å². The summed E-state index contributed by atoms with van der Waals surface area (Å²) in [7, 11) is 0. The quantitative estimate of drug-likeness (QED) is 0.217. The summed E-state index contributed by atoms with van der Waals surface area (Å²) in [6, 6.07) is 18.6. The molecule has 0 fully saturated rings. The third-order valence-electron chi connectivity index (χ3n) is 4.31. The van der Waals surface area contributed by atoms with Crippen molar-refractivity contribution in [3.8, 4) is 17.2 Å². The molecule has 138 valence electrons. The molecule has 28 heavy (non-hydrogen) atoms. The highest BCUT2D eigenvalue weighted by atomic mass is 16.6. The zero-order valence-corrected chi connectivity index (χ0v) is 14.8. The van der Waals surface area contributed by atoms with Gasteiger partial charge in [-0.1, -0.05) is 24.3 Å². The Morgan fingerprint density at radius 1 is 1.07 bits per heavy atom. The molecule has 0 aliphatic heterocycles. The second-order valence-electron chi connectivity index (χ2n) is 6.11. The van der Waals surface area contributed by atoms with Crippen molar-refractivity contribution in [1.82, 2.24) is 4.98 Å². The average molecular weight is 374 g/mol. The molecule has 0 atom stereocenters. The van der Waals surface area contributed by atoms with E-state index in [-0.39, 0.29) is 22.6 Å². The first-order valence-electron chi connectivity index (χ1n) is 8.45. The van der Waals surface area contributed by atoms with Crippen LogP contribution >= 0.6 is 0 Å². The van der Waals surface area contributed by atoms with Crippen LogP contribution in [0.3, 0.4) is 0 Å². The number of carbonyl (C=O) groups excluding carboxylic acids is 1. The van der Waals surface area contributed by atoms with Crippen LogP contribution in [-0.4, -0.2) is 15.9 Å². The molecule has 7 nitrogen and oxygen atoms in total. The molecule has 0 bridgehead atoms. The molecular weight excluding hydrogens is 360 g/mol. The molecule has 0 spiro atoms. The fourth-order valence-electron chi connectivity index (χ4n) is 2.88. The molecule has 0 radical (unpaired) electrons. The molecule has 0 amide bonds. The maximum Gasteiger partial charge on any atom is 0.344 e. The van der Waals surface area contributed by atoms with Crippen LogP contribution in [0.4, 0.5) is 5.69 Å². The van der Waals surface area contributed by atoms with Crippen molar-refractivity contribution in [3.63, 3.8) is 0 Å². The maximum absolute atomic E-state index is 12.5. The number of fused-ring (bicyclic) bond motifs is 1. The number of aromatic nitrogens is 1. The summed E-state index contributed by atoms with van der Waals surface area (Å²) in [5.41, 5.74) is 2.20. The monoisotopic (exact) mass is 374 g/mol. The van der Waals surface area contributed by atoms with Crippen LogP contribution in [0.25, 0.3) is 22.6 Å². The first-order valence-corrected chi connectivity index (χ1v) is 8.45. The van der Waals surface area contributed by atoms with Gasteiger partial charge in [0, 0.05) is 23.3 Å². The van der Waals surface area contributed by atoms with Crippen molar-refractivity contribution in [2.45, 2.75) is 6.92 Å². The molecule has 0 unspecified atom stereocenters. The number of hydrogen-bond donors (Lipinski definition) is 0. The number of rotatable bonds is 4. The van der Waals surface area contributed by atoms with E-state index in [0.29, 0.717) is 17.0 Å². The molecule has 0 aliphatic rings. The van der Waals surface area contributed by atoms with Crippen molar-refractivity contribution in [3.05, 3.63) is 88.0 Å². The Bertz CT molecular complexity index is 1200. The lowest BCUT2D eigenvalue weighted by Crippen LogP contribution is -2.11. The van der Waals surface area contributed by atoms with Gasteiger partial charge in [0.25, 0.3) is 5.69 Å². The number of esters is 1. The van der Waals surface area contributed by atoms with Gasteiger partial charge >= 0.3 is 5.97 Å². The molecule has 0 N–H and O–H groups in total. The minimum atomic E-state index is -0.677. The van der Waals surface area contributed by atoms with E-state index in [2.05, 4.69) is 4.98 Å². The molecule has 4 aromatic rings. The number of oxazole rings is 1. The van der Waals surface area contributed by atoms with Gasteiger partial charge in [0.1, 0.15) is 11.3 Å². The predicted octanol–water partition coefficient (Wildman–Crippen LogP) is 4.93. The van der Waals surface area contributed by atoms with E-state index in [1.54, 1.807) is 18.2 Å². The lowest BCUT2D eigenvalue weighted by molar-refractivity contribution is -0.385. The minimum Gasteiger partial charge on any atom is -0.436 e. The van der Waals surface area contributed by atoms with Crippen molar-refractivity contribution >= 4 is 22.8 Å². The molecule has 4 rings (SSSR count). The summed E-state index contributed by atoms with van der Waals surface area (Å²) in [6.45, 7) is 1.51. The van der Waals surface area contributed by atoms with Crippen molar-refractivity contribution < 1.29 is 18.9 Å². The van der Waals surface area contributed by atoms with E-state index < -0.39 is 10.9 Å². The largest absolute Gasteiger partial charge is 0.436 e. The summed E-state index contributed by atoms with van der Waals surface area (Å²) in [5, 5.41) is 11.1. The van der Waals surface area contributed by atoms with Crippen LogP contribution in [0.15, 0.2) is 71.1 Å². The molecular formula is C21H14N2O5. The van der Waals surface area contributed by atoms with Gasteiger partial charge in [-0.2, -0.15) is 0 Å². The molecule has 0 saturated carbocycles. The van der Waals surface area contributed by atoms with Gasteiger partial charge in [-0.3, -0.25) is 10.1 Å². The van der Waals surface area contributed by atoms with Gasteiger partial charge in [0.15, 0.2) is 5.58 Å². The van der Waals surface area contributed by atoms with E-state index in [9.17, 15) is 14.9 Å². The molecule has 0 aliphatic carbocycles. The summed E-state index contributed by atoms with van der Waals surface area (Å²) >= 11 is 0. The molecule has 0 saturated heterocycles. The fourth-order valence-corrected chi connectivity index (χ4v) is 2.88. The van der Waals surface area contributed by atoms with Crippen LogP contribution in [0, 0.1) is 17.0 Å². The maximum atomic E-state index is 12.5. The van der Waals surface area contributed by atoms with Gasteiger partial charge in [-0.25, -0.2) is 9.78 Å². The zero-order valence-electron chi connectivity index (χ0n) is 14.8. The van der Waals surface area contributed by atoms with E-state index in [4.69, 9.17) is 9.15 Å². The number of nitro benzene ring substituents is 1. The second kappa shape index (κ2) is 6.96. The van der Waals surface area contributed by atoms with Gasteiger partial charge in [-0.15, -0.1) is 0 Å². The number of benzene rings is 3. The fraction of sp³-hybridized carbons (Fsp3) is 0.0476. The smallest absolute Gasteiger partial charge is 0.344 e. The van der Waals surface area contributed by atoms with Crippen molar-refractivity contribution in [2.75, 3.05) is 0 Å². The molecule has 7 heteroatoms. The Kier molecular flexibility index (Phi) is 4.33. The first-order chi connectivity index (χ1) is 13.5. The highest BCUT2D eigenvalue weighted by Crippen LogP contribution is 2.28. The molecule has 1 heterocycles. The SMILES string of the molecule is Cc1c(C(=O)Oc2ccc3nc(-c4ccccc4)oc3c2)cccc1[N+](=O)[O-]. The number of carbonyl (C=O) groups is 1. The minimum absolute atomic E-state index is 0.132. The zero-order chi connectivity index (χ0) is 19.7. The van der Waals surface area contributed by atoms with Crippen LogP contribution in [0.1, 0.15) is 15.9 Å². The highest BCUT2D eigenvalue weighted by Gasteiger charge is 2.20. The van der Waals surface area contributed by atoms with Crippen LogP contribution < -0.4 is 4.74 Å². The number of ether oxygens (including phenoxy) is 1. The van der Waals surface area contributed by atoms with E-state index >= 15 is 0 Å². The Morgan fingerprint density at radius 2 is 1.86 bits per heavy atom. The predicted molar refractivity (Wildman–Crippen MR) is 102 cm³/mol. The summed E-state index contributed by atoms with van der Waals surface area (Å²) < 4.78 is 11.2. The number of nitrogens with zero attached hydrogens (tertiary/aromatic N) is 2. The summed E-state index contributed by atoms with van der Waals surface area (Å²) in [4.78, 5) is 27.4. The van der Waals surface area contributed by atoms with Crippen molar-refractivity contribution in [2.24, 2.45) is 0 Å². The van der Waals surface area contributed by atoms with E-state index in [0.717, 1.165) is 5.56 Å². The van der Waals surface area contributed by atoms with Gasteiger partial charge in [0.05, 0.1) is 10.5 Å². The Balaban J connectivity index is 1.63. The van der Waals surface area contributed by atoms with Crippen LogP contribution in [-0.2, 0) is 0 Å². The second-order valence-corrected chi connectivity index (χ2v) is 6.11.